The molecule has 2 aromatic rings. The van der Waals surface area contributed by atoms with Crippen LogP contribution in [0.2, 0.25) is 0 Å². The highest BCUT2D eigenvalue weighted by atomic mass is 32.1. The lowest BCUT2D eigenvalue weighted by molar-refractivity contribution is -0.122. The summed E-state index contributed by atoms with van der Waals surface area (Å²) in [6, 6.07) is 2.30. The van der Waals surface area contributed by atoms with Gasteiger partial charge in [-0.05, 0) is 39.7 Å². The summed E-state index contributed by atoms with van der Waals surface area (Å²) in [5.74, 6) is 0.494. The van der Waals surface area contributed by atoms with Crippen LogP contribution in [0.25, 0.3) is 11.3 Å². The number of carbonyl (C=O) groups excluding carboxylic acids is 1. The SMILES string of the molecule is Cc1nc(-c2cc(C)n(CC(=O)N[C@@H](C)C(C)C)c2C)cs1. The fraction of sp³-hybridized carbons (Fsp3) is 0.529. The fourth-order valence-electron chi connectivity index (χ4n) is 2.40. The standard InChI is InChI=1S/C17H25N3OS/c1-10(2)12(4)18-17(21)8-20-11(3)7-15(13(20)5)16-9-22-14(6)19-16/h7,9-10,12H,8H2,1-6H3,(H,18,21)/t12-/m0/s1. The van der Waals surface area contributed by atoms with E-state index in [4.69, 9.17) is 0 Å². The minimum absolute atomic E-state index is 0.0593. The van der Waals surface area contributed by atoms with E-state index in [1.807, 2.05) is 20.8 Å². The number of nitrogens with one attached hydrogen (secondary N) is 1. The van der Waals surface area contributed by atoms with Crippen LogP contribution < -0.4 is 5.32 Å². The highest BCUT2D eigenvalue weighted by Gasteiger charge is 2.16. The van der Waals surface area contributed by atoms with Gasteiger partial charge in [0.25, 0.3) is 0 Å². The molecule has 0 aliphatic carbocycles. The van der Waals surface area contributed by atoms with E-state index in [0.29, 0.717) is 12.5 Å². The van der Waals surface area contributed by atoms with Gasteiger partial charge in [0.1, 0.15) is 6.54 Å². The van der Waals surface area contributed by atoms with Crippen LogP contribution in [0.4, 0.5) is 0 Å². The normalized spacial score (nSPS) is 12.7. The molecule has 2 rings (SSSR count). The van der Waals surface area contributed by atoms with Crippen LogP contribution in [-0.2, 0) is 11.3 Å². The number of aryl methyl sites for hydroxylation is 2. The molecule has 0 unspecified atom stereocenters. The molecule has 5 heteroatoms. The molecule has 0 aliphatic heterocycles. The van der Waals surface area contributed by atoms with Crippen LogP contribution >= 0.6 is 11.3 Å². The van der Waals surface area contributed by atoms with Gasteiger partial charge < -0.3 is 9.88 Å². The minimum Gasteiger partial charge on any atom is -0.352 e. The molecule has 0 aliphatic rings. The summed E-state index contributed by atoms with van der Waals surface area (Å²) in [7, 11) is 0. The number of hydrogen-bond donors (Lipinski definition) is 1. The van der Waals surface area contributed by atoms with Gasteiger partial charge in [-0.1, -0.05) is 13.8 Å². The molecule has 120 valence electrons. The van der Waals surface area contributed by atoms with Crippen molar-refractivity contribution in [2.45, 2.75) is 54.1 Å². The highest BCUT2D eigenvalue weighted by Crippen LogP contribution is 2.27. The van der Waals surface area contributed by atoms with E-state index in [-0.39, 0.29) is 11.9 Å². The quantitative estimate of drug-likeness (QED) is 0.913. The monoisotopic (exact) mass is 319 g/mol. The summed E-state index contributed by atoms with van der Waals surface area (Å²) in [4.78, 5) is 16.8. The van der Waals surface area contributed by atoms with E-state index in [1.54, 1.807) is 11.3 Å². The largest absolute Gasteiger partial charge is 0.352 e. The van der Waals surface area contributed by atoms with Gasteiger partial charge in [-0.15, -0.1) is 11.3 Å². The zero-order valence-corrected chi connectivity index (χ0v) is 15.0. The van der Waals surface area contributed by atoms with Crippen LogP contribution in [0, 0.1) is 26.7 Å². The summed E-state index contributed by atoms with van der Waals surface area (Å²) in [5, 5.41) is 6.19. The summed E-state index contributed by atoms with van der Waals surface area (Å²) in [5.41, 5.74) is 4.30. The summed E-state index contributed by atoms with van der Waals surface area (Å²) in [6.45, 7) is 12.7. The Morgan fingerprint density at radius 2 is 2.00 bits per heavy atom. The molecule has 1 atom stereocenters. The van der Waals surface area contributed by atoms with Gasteiger partial charge in [-0.2, -0.15) is 0 Å². The topological polar surface area (TPSA) is 46.9 Å². The molecule has 2 heterocycles. The molecule has 4 nitrogen and oxygen atoms in total. The Bertz CT molecular complexity index is 669. The third kappa shape index (κ3) is 3.58. The van der Waals surface area contributed by atoms with Crippen molar-refractivity contribution in [1.29, 1.82) is 0 Å². The van der Waals surface area contributed by atoms with Crippen LogP contribution in [0.1, 0.15) is 37.2 Å². The van der Waals surface area contributed by atoms with Crippen molar-refractivity contribution in [3.8, 4) is 11.3 Å². The Hall–Kier alpha value is -1.62. The molecule has 2 aromatic heterocycles. The van der Waals surface area contributed by atoms with Gasteiger partial charge in [0, 0.05) is 28.4 Å². The van der Waals surface area contributed by atoms with Crippen LogP contribution in [0.3, 0.4) is 0 Å². The second kappa shape index (κ2) is 6.65. The van der Waals surface area contributed by atoms with Gasteiger partial charge in [0.05, 0.1) is 10.7 Å². The second-order valence-electron chi connectivity index (χ2n) is 6.22. The smallest absolute Gasteiger partial charge is 0.240 e. The Kier molecular flexibility index (Phi) is 5.06. The average Bonchev–Trinajstić information content (AvgIpc) is 2.97. The second-order valence-corrected chi connectivity index (χ2v) is 7.29. The first-order valence-electron chi connectivity index (χ1n) is 7.68. The first-order chi connectivity index (χ1) is 10.3. The lowest BCUT2D eigenvalue weighted by atomic mass is 10.1. The number of thiazole rings is 1. The van der Waals surface area contributed by atoms with Gasteiger partial charge in [0.2, 0.25) is 5.91 Å². The van der Waals surface area contributed by atoms with Crippen molar-refractivity contribution >= 4 is 17.2 Å². The number of aromatic nitrogens is 2. The lowest BCUT2D eigenvalue weighted by Gasteiger charge is -2.18. The van der Waals surface area contributed by atoms with Crippen molar-refractivity contribution in [2.75, 3.05) is 0 Å². The van der Waals surface area contributed by atoms with Crippen LogP contribution in [-0.4, -0.2) is 21.5 Å². The van der Waals surface area contributed by atoms with Gasteiger partial charge >= 0.3 is 0 Å². The molecule has 0 radical (unpaired) electrons. The molecule has 22 heavy (non-hydrogen) atoms. The van der Waals surface area contributed by atoms with Gasteiger partial charge in [-0.3, -0.25) is 4.79 Å². The molecular weight excluding hydrogens is 294 g/mol. The maximum atomic E-state index is 12.2. The third-order valence-corrected chi connectivity index (χ3v) is 4.93. The van der Waals surface area contributed by atoms with Crippen molar-refractivity contribution in [3.05, 3.63) is 27.8 Å². The Balaban J connectivity index is 2.19. The maximum Gasteiger partial charge on any atom is 0.240 e. The number of nitrogens with zero attached hydrogens (tertiary/aromatic N) is 2. The van der Waals surface area contributed by atoms with E-state index < -0.39 is 0 Å². The summed E-state index contributed by atoms with van der Waals surface area (Å²) in [6.07, 6.45) is 0. The van der Waals surface area contributed by atoms with E-state index in [2.05, 4.69) is 47.1 Å². The molecule has 0 fully saturated rings. The van der Waals surface area contributed by atoms with Crippen molar-refractivity contribution < 1.29 is 4.79 Å². The molecule has 1 amide bonds. The first-order valence-corrected chi connectivity index (χ1v) is 8.56. The summed E-state index contributed by atoms with van der Waals surface area (Å²) < 4.78 is 2.06. The minimum atomic E-state index is 0.0593. The predicted molar refractivity (Wildman–Crippen MR) is 92.2 cm³/mol. The van der Waals surface area contributed by atoms with E-state index in [9.17, 15) is 4.79 Å². The van der Waals surface area contributed by atoms with Gasteiger partial charge in [0.15, 0.2) is 0 Å². The number of hydrogen-bond acceptors (Lipinski definition) is 3. The third-order valence-electron chi connectivity index (χ3n) is 4.16. The van der Waals surface area contributed by atoms with Crippen molar-refractivity contribution in [1.82, 2.24) is 14.9 Å². The Morgan fingerprint density at radius 3 is 2.55 bits per heavy atom. The molecule has 0 saturated carbocycles. The Labute approximate surface area is 136 Å². The molecule has 0 bridgehead atoms. The number of amides is 1. The zero-order valence-electron chi connectivity index (χ0n) is 14.2. The zero-order chi connectivity index (χ0) is 16.4. The highest BCUT2D eigenvalue weighted by molar-refractivity contribution is 7.09. The van der Waals surface area contributed by atoms with Crippen molar-refractivity contribution in [2.24, 2.45) is 5.92 Å². The summed E-state index contributed by atoms with van der Waals surface area (Å²) >= 11 is 1.65. The molecule has 0 saturated heterocycles. The van der Waals surface area contributed by atoms with E-state index in [1.165, 1.54) is 0 Å². The maximum absolute atomic E-state index is 12.2. The van der Waals surface area contributed by atoms with E-state index >= 15 is 0 Å². The molecule has 0 spiro atoms. The van der Waals surface area contributed by atoms with Crippen molar-refractivity contribution in [3.63, 3.8) is 0 Å². The Morgan fingerprint density at radius 1 is 1.32 bits per heavy atom. The fourth-order valence-corrected chi connectivity index (χ4v) is 3.01. The van der Waals surface area contributed by atoms with Crippen LogP contribution in [0.15, 0.2) is 11.4 Å². The first kappa shape index (κ1) is 16.7. The molecule has 0 aromatic carbocycles. The molecule has 1 N–H and O–H groups in total. The number of rotatable bonds is 5. The average molecular weight is 319 g/mol. The van der Waals surface area contributed by atoms with Gasteiger partial charge in [-0.25, -0.2) is 4.98 Å². The van der Waals surface area contributed by atoms with Crippen LogP contribution in [0.5, 0.6) is 0 Å². The number of carbonyl (C=O) groups is 1. The lowest BCUT2D eigenvalue weighted by Crippen LogP contribution is -2.38. The molecular formula is C17H25N3OS. The predicted octanol–water partition coefficient (Wildman–Crippen LogP) is 3.70. The van der Waals surface area contributed by atoms with E-state index in [0.717, 1.165) is 27.7 Å².